The topological polar surface area (TPSA) is 94.5 Å². The second-order valence-corrected chi connectivity index (χ2v) is 3.76. The molecule has 0 aromatic carbocycles. The summed E-state index contributed by atoms with van der Waals surface area (Å²) in [7, 11) is 0. The third-order valence-corrected chi connectivity index (χ3v) is 2.59. The molecular formula is C9H11N5O. The van der Waals surface area contributed by atoms with Crippen molar-refractivity contribution in [2.45, 2.75) is 25.8 Å². The Labute approximate surface area is 86.7 Å². The maximum Gasteiger partial charge on any atom is 0.241 e. The molecule has 0 saturated heterocycles. The van der Waals surface area contributed by atoms with Gasteiger partial charge in [-0.1, -0.05) is 0 Å². The van der Waals surface area contributed by atoms with Crippen LogP contribution in [0.1, 0.15) is 31.6 Å². The van der Waals surface area contributed by atoms with Gasteiger partial charge in [0, 0.05) is 0 Å². The van der Waals surface area contributed by atoms with Gasteiger partial charge in [-0.05, 0) is 19.8 Å². The Hall–Kier alpha value is -1.90. The predicted octanol–water partition coefficient (Wildman–Crippen LogP) is 0.286. The monoisotopic (exact) mass is 205 g/mol. The number of rotatable bonds is 3. The summed E-state index contributed by atoms with van der Waals surface area (Å²) >= 11 is 0. The van der Waals surface area contributed by atoms with Crippen LogP contribution >= 0.6 is 0 Å². The van der Waals surface area contributed by atoms with Crippen LogP contribution in [0.3, 0.4) is 0 Å². The van der Waals surface area contributed by atoms with E-state index in [1.54, 1.807) is 6.92 Å². The van der Waals surface area contributed by atoms with Crippen molar-refractivity contribution >= 4 is 5.91 Å². The van der Waals surface area contributed by atoms with E-state index in [0.29, 0.717) is 18.7 Å². The summed E-state index contributed by atoms with van der Waals surface area (Å²) in [5, 5.41) is 17.9. The molecule has 6 nitrogen and oxygen atoms in total. The number of H-pyrrole nitrogens is 1. The highest BCUT2D eigenvalue weighted by molar-refractivity contribution is 5.88. The third kappa shape index (κ3) is 1.68. The molecule has 78 valence electrons. The molecule has 1 unspecified atom stereocenters. The maximum atomic E-state index is 11.7. The summed E-state index contributed by atoms with van der Waals surface area (Å²) in [6.07, 6.45) is 2.69. The molecule has 1 aromatic heterocycles. The largest absolute Gasteiger partial charge is 0.345 e. The van der Waals surface area contributed by atoms with Gasteiger partial charge in [-0.3, -0.25) is 9.89 Å². The second-order valence-electron chi connectivity index (χ2n) is 3.76. The van der Waals surface area contributed by atoms with E-state index < -0.39 is 5.41 Å². The lowest BCUT2D eigenvalue weighted by molar-refractivity contribution is -0.125. The van der Waals surface area contributed by atoms with Gasteiger partial charge in [-0.25, -0.2) is 4.98 Å². The molecule has 1 fully saturated rings. The fraction of sp³-hybridized carbons (Fsp3) is 0.556. The predicted molar refractivity (Wildman–Crippen MR) is 50.2 cm³/mol. The Kier molecular flexibility index (Phi) is 2.15. The van der Waals surface area contributed by atoms with Gasteiger partial charge in [-0.2, -0.15) is 10.4 Å². The maximum absolute atomic E-state index is 11.7. The van der Waals surface area contributed by atoms with Crippen LogP contribution in [0.4, 0.5) is 0 Å². The number of hydrogen-bond acceptors (Lipinski definition) is 4. The van der Waals surface area contributed by atoms with Crippen LogP contribution in [-0.4, -0.2) is 21.1 Å². The minimum atomic E-state index is -0.783. The van der Waals surface area contributed by atoms with Gasteiger partial charge in [0.1, 0.15) is 17.6 Å². The fourth-order valence-electron chi connectivity index (χ4n) is 1.34. The van der Waals surface area contributed by atoms with E-state index in [2.05, 4.69) is 20.5 Å². The zero-order chi connectivity index (χ0) is 10.9. The molecule has 0 aliphatic heterocycles. The van der Waals surface area contributed by atoms with Crippen molar-refractivity contribution in [3.63, 3.8) is 0 Å². The van der Waals surface area contributed by atoms with Gasteiger partial charge in [0.05, 0.1) is 12.1 Å². The van der Waals surface area contributed by atoms with Crippen molar-refractivity contribution in [3.8, 4) is 6.07 Å². The highest BCUT2D eigenvalue weighted by Crippen LogP contribution is 2.45. The third-order valence-electron chi connectivity index (χ3n) is 2.59. The molecule has 15 heavy (non-hydrogen) atoms. The number of hydrogen-bond donors (Lipinski definition) is 2. The first kappa shape index (κ1) is 9.65. The van der Waals surface area contributed by atoms with E-state index in [9.17, 15) is 4.79 Å². The lowest BCUT2D eigenvalue weighted by Gasteiger charge is -2.12. The van der Waals surface area contributed by atoms with Crippen LogP contribution in [0.15, 0.2) is 6.33 Å². The number of aromatic amines is 1. The van der Waals surface area contributed by atoms with E-state index in [1.807, 2.05) is 6.07 Å². The number of nitriles is 1. The first-order valence-electron chi connectivity index (χ1n) is 4.75. The summed E-state index contributed by atoms with van der Waals surface area (Å²) in [6, 6.07) is 1.80. The molecule has 0 bridgehead atoms. The quantitative estimate of drug-likeness (QED) is 0.741. The number of nitrogens with zero attached hydrogens (tertiary/aromatic N) is 3. The van der Waals surface area contributed by atoms with E-state index >= 15 is 0 Å². The zero-order valence-electron chi connectivity index (χ0n) is 8.32. The lowest BCUT2D eigenvalue weighted by atomic mass is 10.1. The standard InChI is InChI=1S/C9H11N5O/c1-6(7-11-5-12-14-7)13-8(15)9(4-10)2-3-9/h5-6H,2-3H2,1H3,(H,13,15)(H,11,12,14). The second kappa shape index (κ2) is 3.35. The van der Waals surface area contributed by atoms with Crippen molar-refractivity contribution in [3.05, 3.63) is 12.2 Å². The van der Waals surface area contributed by atoms with Crippen molar-refractivity contribution in [2.24, 2.45) is 5.41 Å². The summed E-state index contributed by atoms with van der Waals surface area (Å²) in [5.74, 6) is 0.381. The van der Waals surface area contributed by atoms with Crippen LogP contribution in [0.2, 0.25) is 0 Å². The number of carbonyl (C=O) groups is 1. The van der Waals surface area contributed by atoms with Crippen LogP contribution in [0.25, 0.3) is 0 Å². The van der Waals surface area contributed by atoms with E-state index in [-0.39, 0.29) is 11.9 Å². The van der Waals surface area contributed by atoms with Gasteiger partial charge in [0.15, 0.2) is 0 Å². The van der Waals surface area contributed by atoms with E-state index in [0.717, 1.165) is 0 Å². The molecule has 1 atom stereocenters. The van der Waals surface area contributed by atoms with Gasteiger partial charge < -0.3 is 5.32 Å². The van der Waals surface area contributed by atoms with Crippen molar-refractivity contribution in [2.75, 3.05) is 0 Å². The van der Waals surface area contributed by atoms with Crippen LogP contribution in [0, 0.1) is 16.7 Å². The van der Waals surface area contributed by atoms with E-state index in [4.69, 9.17) is 5.26 Å². The van der Waals surface area contributed by atoms with Gasteiger partial charge in [0.2, 0.25) is 5.91 Å². The number of aromatic nitrogens is 3. The highest BCUT2D eigenvalue weighted by Gasteiger charge is 2.51. The lowest BCUT2D eigenvalue weighted by Crippen LogP contribution is -2.33. The number of amides is 1. The van der Waals surface area contributed by atoms with Crippen LogP contribution < -0.4 is 5.32 Å². The van der Waals surface area contributed by atoms with Crippen LogP contribution in [-0.2, 0) is 4.79 Å². The molecule has 1 saturated carbocycles. The normalized spacial score (nSPS) is 18.9. The molecular weight excluding hydrogens is 194 g/mol. The Morgan fingerprint density at radius 1 is 1.80 bits per heavy atom. The van der Waals surface area contributed by atoms with Crippen molar-refractivity contribution in [1.82, 2.24) is 20.5 Å². The smallest absolute Gasteiger partial charge is 0.241 e. The Bertz CT molecular complexity index is 401. The average Bonchev–Trinajstić information content (AvgIpc) is 2.84. The summed E-state index contributed by atoms with van der Waals surface area (Å²) in [4.78, 5) is 15.6. The first-order valence-corrected chi connectivity index (χ1v) is 4.75. The van der Waals surface area contributed by atoms with Crippen molar-refractivity contribution in [1.29, 1.82) is 5.26 Å². The molecule has 0 spiro atoms. The molecule has 1 amide bonds. The SMILES string of the molecule is CC(NC(=O)C1(C#N)CC1)c1ncn[nH]1. The first-order chi connectivity index (χ1) is 7.18. The molecule has 1 aromatic rings. The Balaban J connectivity index is 1.99. The average molecular weight is 205 g/mol. The molecule has 1 aliphatic carbocycles. The van der Waals surface area contributed by atoms with Gasteiger partial charge >= 0.3 is 0 Å². The molecule has 1 aliphatic rings. The fourth-order valence-corrected chi connectivity index (χ4v) is 1.34. The Morgan fingerprint density at radius 2 is 2.53 bits per heavy atom. The summed E-state index contributed by atoms with van der Waals surface area (Å²) in [6.45, 7) is 1.80. The molecule has 0 radical (unpaired) electrons. The van der Waals surface area contributed by atoms with Gasteiger partial charge in [0.25, 0.3) is 0 Å². The van der Waals surface area contributed by atoms with Crippen molar-refractivity contribution < 1.29 is 4.79 Å². The summed E-state index contributed by atoms with van der Waals surface area (Å²) in [5.41, 5.74) is -0.783. The molecule has 2 N–H and O–H groups in total. The van der Waals surface area contributed by atoms with Gasteiger partial charge in [-0.15, -0.1) is 0 Å². The number of carbonyl (C=O) groups excluding carboxylic acids is 1. The molecule has 1 heterocycles. The minimum absolute atomic E-state index is 0.214. The molecule has 6 heteroatoms. The van der Waals surface area contributed by atoms with E-state index in [1.165, 1.54) is 6.33 Å². The number of nitrogens with one attached hydrogen (secondary N) is 2. The van der Waals surface area contributed by atoms with Crippen LogP contribution in [0.5, 0.6) is 0 Å². The summed E-state index contributed by atoms with van der Waals surface area (Å²) < 4.78 is 0. The zero-order valence-corrected chi connectivity index (χ0v) is 8.32. The minimum Gasteiger partial charge on any atom is -0.345 e. The highest BCUT2D eigenvalue weighted by atomic mass is 16.2. The molecule has 2 rings (SSSR count). The Morgan fingerprint density at radius 3 is 3.00 bits per heavy atom.